The number of methoxy groups -OCH3 is 2. The maximum Gasteiger partial charge on any atom is 0.261 e. The Morgan fingerprint density at radius 2 is 1.66 bits per heavy atom. The third kappa shape index (κ3) is 5.17. The summed E-state index contributed by atoms with van der Waals surface area (Å²) in [5.74, 6) is 2.61. The molecule has 1 aliphatic rings. The zero-order valence-corrected chi connectivity index (χ0v) is 21.4. The van der Waals surface area contributed by atoms with Crippen molar-refractivity contribution in [3.8, 4) is 23.0 Å². The standard InChI is InChI=1S/C27H31NO6S/c1-17(2)16-33-25-15-20(28-35(29,30)21-9-7-6-8-10-21)14-22-18(3)26(34-27(22)25)19-11-12-23(31-4)24(13-19)32-5/h6-15,17-18,26,28H,16H2,1-5H3/t18-,26-/m0/s1. The van der Waals surface area contributed by atoms with Gasteiger partial charge >= 0.3 is 0 Å². The lowest BCUT2D eigenvalue weighted by atomic mass is 9.92. The van der Waals surface area contributed by atoms with Gasteiger partial charge in [0.15, 0.2) is 23.0 Å². The first kappa shape index (κ1) is 24.7. The van der Waals surface area contributed by atoms with E-state index in [1.54, 1.807) is 50.6 Å². The minimum absolute atomic E-state index is 0.0642. The Hall–Kier alpha value is -3.39. The molecule has 0 fully saturated rings. The van der Waals surface area contributed by atoms with Crippen LogP contribution in [0.15, 0.2) is 65.6 Å². The first-order valence-corrected chi connectivity index (χ1v) is 13.0. The van der Waals surface area contributed by atoms with Crippen LogP contribution < -0.4 is 23.7 Å². The predicted molar refractivity (Wildman–Crippen MR) is 135 cm³/mol. The van der Waals surface area contributed by atoms with E-state index >= 15 is 0 Å². The summed E-state index contributed by atoms with van der Waals surface area (Å²) in [5.41, 5.74) is 2.22. The molecule has 0 saturated heterocycles. The topological polar surface area (TPSA) is 83.1 Å². The average Bonchev–Trinajstić information content (AvgIpc) is 3.18. The summed E-state index contributed by atoms with van der Waals surface area (Å²) in [6, 6.07) is 17.5. The van der Waals surface area contributed by atoms with Gasteiger partial charge in [-0.15, -0.1) is 0 Å². The number of anilines is 1. The van der Waals surface area contributed by atoms with E-state index in [9.17, 15) is 8.42 Å². The zero-order valence-electron chi connectivity index (χ0n) is 20.6. The summed E-state index contributed by atoms with van der Waals surface area (Å²) in [6.07, 6.45) is -0.299. The molecule has 35 heavy (non-hydrogen) atoms. The van der Waals surface area contributed by atoms with E-state index in [4.69, 9.17) is 18.9 Å². The number of hydrogen-bond donors (Lipinski definition) is 1. The smallest absolute Gasteiger partial charge is 0.261 e. The van der Waals surface area contributed by atoms with Crippen LogP contribution in [-0.4, -0.2) is 29.2 Å². The van der Waals surface area contributed by atoms with E-state index in [1.165, 1.54) is 0 Å². The third-order valence-electron chi connectivity index (χ3n) is 5.89. The number of ether oxygens (including phenoxy) is 4. The molecule has 3 aromatic rings. The summed E-state index contributed by atoms with van der Waals surface area (Å²) >= 11 is 0. The number of rotatable bonds is 9. The lowest BCUT2D eigenvalue weighted by molar-refractivity contribution is 0.197. The molecular formula is C27H31NO6S. The highest BCUT2D eigenvalue weighted by molar-refractivity contribution is 7.92. The fourth-order valence-corrected chi connectivity index (χ4v) is 5.16. The van der Waals surface area contributed by atoms with Crippen LogP contribution in [0.4, 0.5) is 5.69 Å². The SMILES string of the molecule is COc1ccc([C@H]2Oc3c(OCC(C)C)cc(NS(=O)(=O)c4ccccc4)cc3[C@@H]2C)cc1OC. The Balaban J connectivity index is 1.71. The molecule has 4 rings (SSSR count). The van der Waals surface area contributed by atoms with E-state index in [1.807, 2.05) is 24.3 Å². The minimum atomic E-state index is -3.76. The summed E-state index contributed by atoms with van der Waals surface area (Å²) in [6.45, 7) is 6.63. The lowest BCUT2D eigenvalue weighted by Gasteiger charge is -2.18. The molecular weight excluding hydrogens is 466 g/mol. The molecule has 0 radical (unpaired) electrons. The molecule has 0 spiro atoms. The number of benzene rings is 3. The largest absolute Gasteiger partial charge is 0.493 e. The van der Waals surface area contributed by atoms with Crippen LogP contribution in [0.2, 0.25) is 0 Å². The van der Waals surface area contributed by atoms with Gasteiger partial charge in [-0.05, 0) is 41.8 Å². The van der Waals surface area contributed by atoms with E-state index in [2.05, 4.69) is 25.5 Å². The molecule has 0 bridgehead atoms. The second-order valence-electron chi connectivity index (χ2n) is 8.96. The van der Waals surface area contributed by atoms with Gasteiger partial charge in [0.05, 0.1) is 31.4 Å². The van der Waals surface area contributed by atoms with E-state index in [0.717, 1.165) is 11.1 Å². The van der Waals surface area contributed by atoms with Crippen LogP contribution in [0, 0.1) is 5.92 Å². The maximum atomic E-state index is 13.0. The van der Waals surface area contributed by atoms with Crippen LogP contribution in [0.5, 0.6) is 23.0 Å². The third-order valence-corrected chi connectivity index (χ3v) is 7.28. The van der Waals surface area contributed by atoms with Crippen molar-refractivity contribution in [2.45, 2.75) is 37.7 Å². The highest BCUT2D eigenvalue weighted by atomic mass is 32.2. The van der Waals surface area contributed by atoms with Gasteiger partial charge in [-0.1, -0.05) is 45.0 Å². The Kier molecular flexibility index (Phi) is 7.12. The fourth-order valence-electron chi connectivity index (χ4n) is 4.10. The van der Waals surface area contributed by atoms with Gasteiger partial charge in [0, 0.05) is 17.5 Å². The second-order valence-corrected chi connectivity index (χ2v) is 10.6. The predicted octanol–water partition coefficient (Wildman–Crippen LogP) is 5.78. The second kappa shape index (κ2) is 10.1. The van der Waals surface area contributed by atoms with Gasteiger partial charge in [-0.25, -0.2) is 8.42 Å². The molecule has 1 aliphatic heterocycles. The number of nitrogens with one attached hydrogen (secondary N) is 1. The first-order chi connectivity index (χ1) is 16.7. The Bertz CT molecular complexity index is 1290. The maximum absolute atomic E-state index is 13.0. The van der Waals surface area contributed by atoms with E-state index in [-0.39, 0.29) is 22.8 Å². The number of sulfonamides is 1. The number of fused-ring (bicyclic) bond motifs is 1. The van der Waals surface area contributed by atoms with Crippen LogP contribution in [0.1, 0.15) is 43.9 Å². The lowest BCUT2D eigenvalue weighted by Crippen LogP contribution is -2.13. The van der Waals surface area contributed by atoms with Crippen molar-refractivity contribution in [3.63, 3.8) is 0 Å². The highest BCUT2D eigenvalue weighted by Gasteiger charge is 2.36. The molecule has 0 aliphatic carbocycles. The van der Waals surface area contributed by atoms with Crippen LogP contribution >= 0.6 is 0 Å². The van der Waals surface area contributed by atoms with Crippen LogP contribution in [-0.2, 0) is 10.0 Å². The fraction of sp³-hybridized carbons (Fsp3) is 0.333. The Labute approximate surface area is 207 Å². The van der Waals surface area contributed by atoms with Crippen molar-refractivity contribution in [3.05, 3.63) is 71.8 Å². The van der Waals surface area contributed by atoms with Gasteiger partial charge in [-0.3, -0.25) is 4.72 Å². The molecule has 0 aromatic heterocycles. The summed E-state index contributed by atoms with van der Waals surface area (Å²) < 4.78 is 52.0. The quantitative estimate of drug-likeness (QED) is 0.404. The van der Waals surface area contributed by atoms with Crippen molar-refractivity contribution >= 4 is 15.7 Å². The molecule has 0 amide bonds. The Morgan fingerprint density at radius 1 is 0.943 bits per heavy atom. The Morgan fingerprint density at radius 3 is 2.31 bits per heavy atom. The summed E-state index contributed by atoms with van der Waals surface area (Å²) in [5, 5.41) is 0. The van der Waals surface area contributed by atoms with Crippen molar-refractivity contribution < 1.29 is 27.4 Å². The molecule has 3 aromatic carbocycles. The monoisotopic (exact) mass is 497 g/mol. The van der Waals surface area contributed by atoms with Gasteiger partial charge in [0.25, 0.3) is 10.0 Å². The van der Waals surface area contributed by atoms with Gasteiger partial charge in [0.1, 0.15) is 6.10 Å². The first-order valence-electron chi connectivity index (χ1n) is 11.5. The van der Waals surface area contributed by atoms with E-state index < -0.39 is 10.0 Å². The molecule has 186 valence electrons. The van der Waals surface area contributed by atoms with Gasteiger partial charge in [-0.2, -0.15) is 0 Å². The van der Waals surface area contributed by atoms with Gasteiger partial charge in [0.2, 0.25) is 0 Å². The molecule has 0 unspecified atom stereocenters. The summed E-state index contributed by atoms with van der Waals surface area (Å²) in [7, 11) is -0.564. The molecule has 7 nitrogen and oxygen atoms in total. The minimum Gasteiger partial charge on any atom is -0.493 e. The molecule has 8 heteroatoms. The molecule has 1 heterocycles. The summed E-state index contributed by atoms with van der Waals surface area (Å²) in [4.78, 5) is 0.192. The normalized spacial score (nSPS) is 17.0. The molecule has 1 N–H and O–H groups in total. The van der Waals surface area contributed by atoms with Crippen LogP contribution in [0.3, 0.4) is 0 Å². The van der Waals surface area contributed by atoms with Gasteiger partial charge < -0.3 is 18.9 Å². The van der Waals surface area contributed by atoms with E-state index in [0.29, 0.717) is 35.3 Å². The van der Waals surface area contributed by atoms with Crippen molar-refractivity contribution in [2.75, 3.05) is 25.5 Å². The highest BCUT2D eigenvalue weighted by Crippen LogP contribution is 2.52. The average molecular weight is 498 g/mol. The molecule has 0 saturated carbocycles. The number of hydrogen-bond acceptors (Lipinski definition) is 6. The van der Waals surface area contributed by atoms with Crippen molar-refractivity contribution in [1.29, 1.82) is 0 Å². The zero-order chi connectivity index (χ0) is 25.2. The van der Waals surface area contributed by atoms with Crippen molar-refractivity contribution in [1.82, 2.24) is 0 Å². The van der Waals surface area contributed by atoms with Crippen LogP contribution in [0.25, 0.3) is 0 Å². The molecule has 2 atom stereocenters. The van der Waals surface area contributed by atoms with Crippen molar-refractivity contribution in [2.24, 2.45) is 5.92 Å².